The highest BCUT2D eigenvalue weighted by atomic mass is 28.4. The number of halogens is 2. The third kappa shape index (κ3) is 3.67. The highest BCUT2D eigenvalue weighted by Gasteiger charge is 2.42. The van der Waals surface area contributed by atoms with Gasteiger partial charge in [0.25, 0.3) is 5.92 Å². The van der Waals surface area contributed by atoms with Gasteiger partial charge in [0.05, 0.1) is 6.10 Å². The Kier molecular flexibility index (Phi) is 5.05. The standard InChI is InChI=1S/C18H28F2O2Si/c1-17(2,3)23(5,6)22-16-11-10-13-14(16)8-7-9-15(13)18(19,20)12-21-4/h7-9,16H,10-12H2,1-6H3. The third-order valence-corrected chi connectivity index (χ3v) is 9.66. The first-order chi connectivity index (χ1) is 10.5. The molecule has 0 heterocycles. The van der Waals surface area contributed by atoms with E-state index in [1.807, 2.05) is 6.07 Å². The van der Waals surface area contributed by atoms with Crippen molar-refractivity contribution in [2.45, 2.75) is 63.8 Å². The van der Waals surface area contributed by atoms with Crippen LogP contribution in [0.25, 0.3) is 0 Å². The summed E-state index contributed by atoms with van der Waals surface area (Å²) in [5, 5.41) is 0.105. The molecule has 1 aliphatic rings. The minimum absolute atomic E-state index is 0.0656. The highest BCUT2D eigenvalue weighted by molar-refractivity contribution is 6.74. The van der Waals surface area contributed by atoms with Gasteiger partial charge >= 0.3 is 0 Å². The second-order valence-electron chi connectivity index (χ2n) is 7.92. The zero-order valence-electron chi connectivity index (χ0n) is 15.0. The molecule has 0 saturated carbocycles. The molecule has 0 spiro atoms. The van der Waals surface area contributed by atoms with Crippen LogP contribution in [0.5, 0.6) is 0 Å². The largest absolute Gasteiger partial charge is 0.410 e. The topological polar surface area (TPSA) is 18.5 Å². The molecule has 2 nitrogen and oxygen atoms in total. The zero-order valence-corrected chi connectivity index (χ0v) is 16.0. The molecular formula is C18H28F2O2Si. The fourth-order valence-corrected chi connectivity index (χ4v) is 4.18. The lowest BCUT2D eigenvalue weighted by Crippen LogP contribution is -2.41. The van der Waals surface area contributed by atoms with Crippen LogP contribution in [0.1, 0.15) is 50.0 Å². The van der Waals surface area contributed by atoms with Crippen LogP contribution in [-0.2, 0) is 21.5 Å². The van der Waals surface area contributed by atoms with E-state index in [0.717, 1.165) is 17.5 Å². The van der Waals surface area contributed by atoms with E-state index in [9.17, 15) is 8.78 Å². The molecule has 130 valence electrons. The highest BCUT2D eigenvalue weighted by Crippen LogP contribution is 2.46. The van der Waals surface area contributed by atoms with E-state index in [-0.39, 0.29) is 16.7 Å². The Hall–Kier alpha value is -0.783. The minimum atomic E-state index is -2.95. The minimum Gasteiger partial charge on any atom is -0.410 e. The molecule has 0 bridgehead atoms. The van der Waals surface area contributed by atoms with Crippen molar-refractivity contribution in [1.82, 2.24) is 0 Å². The van der Waals surface area contributed by atoms with Gasteiger partial charge in [-0.2, -0.15) is 8.78 Å². The summed E-state index contributed by atoms with van der Waals surface area (Å²) in [7, 11) is -0.623. The Balaban J connectivity index is 2.32. The van der Waals surface area contributed by atoms with Crippen molar-refractivity contribution < 1.29 is 17.9 Å². The number of alkyl halides is 2. The quantitative estimate of drug-likeness (QED) is 0.664. The summed E-state index contributed by atoms with van der Waals surface area (Å²) in [5.74, 6) is -2.95. The summed E-state index contributed by atoms with van der Waals surface area (Å²) in [6, 6.07) is 5.17. The summed E-state index contributed by atoms with van der Waals surface area (Å²) in [6.45, 7) is 10.4. The summed E-state index contributed by atoms with van der Waals surface area (Å²) < 4.78 is 39.8. The van der Waals surface area contributed by atoms with Gasteiger partial charge in [-0.1, -0.05) is 39.0 Å². The van der Waals surface area contributed by atoms with Gasteiger partial charge in [-0.3, -0.25) is 0 Å². The number of rotatable bonds is 5. The van der Waals surface area contributed by atoms with Crippen molar-refractivity contribution in [3.05, 3.63) is 34.9 Å². The van der Waals surface area contributed by atoms with Gasteiger partial charge in [0.1, 0.15) is 6.61 Å². The molecule has 23 heavy (non-hydrogen) atoms. The molecule has 0 aliphatic heterocycles. The Labute approximate surface area is 139 Å². The van der Waals surface area contributed by atoms with Crippen LogP contribution in [-0.4, -0.2) is 22.0 Å². The van der Waals surface area contributed by atoms with Crippen molar-refractivity contribution in [3.63, 3.8) is 0 Å². The van der Waals surface area contributed by atoms with Gasteiger partial charge < -0.3 is 9.16 Å². The van der Waals surface area contributed by atoms with E-state index >= 15 is 0 Å². The molecule has 1 aromatic carbocycles. The van der Waals surface area contributed by atoms with E-state index in [0.29, 0.717) is 6.42 Å². The van der Waals surface area contributed by atoms with E-state index < -0.39 is 20.8 Å². The van der Waals surface area contributed by atoms with Gasteiger partial charge in [-0.05, 0) is 42.1 Å². The monoisotopic (exact) mass is 342 g/mol. The average molecular weight is 343 g/mol. The predicted molar refractivity (Wildman–Crippen MR) is 91.6 cm³/mol. The normalized spacial score (nSPS) is 19.0. The predicted octanol–water partition coefficient (Wildman–Crippen LogP) is 5.43. The Morgan fingerprint density at radius 3 is 2.43 bits per heavy atom. The first-order valence-corrected chi connectivity index (χ1v) is 11.1. The number of benzene rings is 1. The maximum absolute atomic E-state index is 14.3. The van der Waals surface area contributed by atoms with E-state index in [1.165, 1.54) is 13.2 Å². The maximum atomic E-state index is 14.3. The van der Waals surface area contributed by atoms with Crippen LogP contribution in [0.4, 0.5) is 8.78 Å². The molecule has 1 aliphatic carbocycles. The van der Waals surface area contributed by atoms with Crippen molar-refractivity contribution in [3.8, 4) is 0 Å². The average Bonchev–Trinajstić information content (AvgIpc) is 2.80. The number of ether oxygens (including phenoxy) is 1. The first kappa shape index (κ1) is 18.6. The fourth-order valence-electron chi connectivity index (χ4n) is 2.87. The van der Waals surface area contributed by atoms with Crippen LogP contribution < -0.4 is 0 Å². The smallest absolute Gasteiger partial charge is 0.296 e. The number of fused-ring (bicyclic) bond motifs is 1. The second kappa shape index (κ2) is 6.26. The lowest BCUT2D eigenvalue weighted by Gasteiger charge is -2.38. The van der Waals surface area contributed by atoms with Crippen LogP contribution in [0.3, 0.4) is 0 Å². The van der Waals surface area contributed by atoms with Gasteiger partial charge in [0, 0.05) is 12.7 Å². The molecule has 1 atom stereocenters. The van der Waals surface area contributed by atoms with Crippen LogP contribution in [0, 0.1) is 0 Å². The number of hydrogen-bond acceptors (Lipinski definition) is 2. The molecule has 1 aromatic rings. The number of methoxy groups -OCH3 is 1. The van der Waals surface area contributed by atoms with Crippen LogP contribution in [0.15, 0.2) is 18.2 Å². The van der Waals surface area contributed by atoms with Crippen molar-refractivity contribution >= 4 is 8.32 Å². The second-order valence-corrected chi connectivity index (χ2v) is 12.7. The lowest BCUT2D eigenvalue weighted by atomic mass is 9.98. The Bertz CT molecular complexity index is 565. The van der Waals surface area contributed by atoms with E-state index in [2.05, 4.69) is 33.9 Å². The molecule has 0 N–H and O–H groups in total. The maximum Gasteiger partial charge on any atom is 0.296 e. The van der Waals surface area contributed by atoms with Gasteiger partial charge in [-0.25, -0.2) is 0 Å². The van der Waals surface area contributed by atoms with Gasteiger partial charge in [-0.15, -0.1) is 0 Å². The Morgan fingerprint density at radius 2 is 1.87 bits per heavy atom. The molecular weight excluding hydrogens is 314 g/mol. The molecule has 0 fully saturated rings. The molecule has 0 amide bonds. The first-order valence-electron chi connectivity index (χ1n) is 8.16. The zero-order chi connectivity index (χ0) is 17.5. The summed E-state index contributed by atoms with van der Waals surface area (Å²) >= 11 is 0. The van der Waals surface area contributed by atoms with Crippen LogP contribution in [0.2, 0.25) is 18.1 Å². The van der Waals surface area contributed by atoms with Gasteiger partial charge in [0.15, 0.2) is 8.32 Å². The van der Waals surface area contributed by atoms with Crippen molar-refractivity contribution in [1.29, 1.82) is 0 Å². The number of hydrogen-bond donors (Lipinski definition) is 0. The molecule has 0 aromatic heterocycles. The SMILES string of the molecule is COCC(F)(F)c1cccc2c1CCC2O[Si](C)(C)C(C)(C)C. The molecule has 0 saturated heterocycles. The molecule has 5 heteroatoms. The Morgan fingerprint density at radius 1 is 1.22 bits per heavy atom. The summed E-state index contributed by atoms with van der Waals surface area (Å²) in [5.41, 5.74) is 1.78. The molecule has 1 unspecified atom stereocenters. The summed E-state index contributed by atoms with van der Waals surface area (Å²) in [6.07, 6.45) is 1.36. The fraction of sp³-hybridized carbons (Fsp3) is 0.667. The summed E-state index contributed by atoms with van der Waals surface area (Å²) in [4.78, 5) is 0. The molecule has 0 radical (unpaired) electrons. The van der Waals surface area contributed by atoms with Gasteiger partial charge in [0.2, 0.25) is 0 Å². The van der Waals surface area contributed by atoms with Crippen molar-refractivity contribution in [2.24, 2.45) is 0 Å². The van der Waals surface area contributed by atoms with E-state index in [4.69, 9.17) is 9.16 Å². The van der Waals surface area contributed by atoms with Crippen molar-refractivity contribution in [2.75, 3.05) is 13.7 Å². The lowest BCUT2D eigenvalue weighted by molar-refractivity contribution is -0.0703. The molecule has 2 rings (SSSR count). The third-order valence-electron chi connectivity index (χ3n) is 5.18. The van der Waals surface area contributed by atoms with Crippen LogP contribution >= 0.6 is 0 Å². The van der Waals surface area contributed by atoms with E-state index in [1.54, 1.807) is 6.07 Å².